The SMILES string of the molecule is O=C(CCCNC(=O)OCC1c2ccccc2-c2ccccc21)N[C@H]1C[C@@H]2C[C@]2(C(=O)O)C1. The predicted octanol–water partition coefficient (Wildman–Crippen LogP) is 3.67. The van der Waals surface area contributed by atoms with Gasteiger partial charge in [-0.1, -0.05) is 48.5 Å². The normalized spacial score (nSPS) is 24.4. The molecule has 172 valence electrons. The Kier molecular flexibility index (Phi) is 5.56. The molecule has 0 aliphatic heterocycles. The Labute approximate surface area is 192 Å². The van der Waals surface area contributed by atoms with E-state index in [4.69, 9.17) is 4.74 Å². The van der Waals surface area contributed by atoms with E-state index in [9.17, 15) is 19.5 Å². The first-order valence-corrected chi connectivity index (χ1v) is 11.6. The summed E-state index contributed by atoms with van der Waals surface area (Å²) in [7, 11) is 0. The molecule has 2 fully saturated rings. The number of aliphatic carboxylic acids is 1. The van der Waals surface area contributed by atoms with Crippen molar-refractivity contribution in [1.82, 2.24) is 10.6 Å². The van der Waals surface area contributed by atoms with Gasteiger partial charge in [-0.05, 0) is 53.9 Å². The van der Waals surface area contributed by atoms with Crippen molar-refractivity contribution in [3.05, 3.63) is 59.7 Å². The lowest BCUT2D eigenvalue weighted by atomic mass is 9.98. The van der Waals surface area contributed by atoms with Gasteiger partial charge in [-0.25, -0.2) is 4.79 Å². The van der Waals surface area contributed by atoms with Crippen LogP contribution in [-0.4, -0.2) is 42.3 Å². The Balaban J connectivity index is 1.03. The quantitative estimate of drug-likeness (QED) is 0.535. The number of hydrogen-bond acceptors (Lipinski definition) is 4. The number of carbonyl (C=O) groups is 3. The third-order valence-electron chi connectivity index (χ3n) is 7.40. The zero-order chi connectivity index (χ0) is 23.0. The van der Waals surface area contributed by atoms with Gasteiger partial charge in [0.2, 0.25) is 5.91 Å². The first-order chi connectivity index (χ1) is 16.0. The molecule has 5 rings (SSSR count). The molecule has 0 spiro atoms. The molecular formula is C26H28N2O5. The summed E-state index contributed by atoms with van der Waals surface area (Å²) in [6.07, 6.45) is 2.30. The minimum atomic E-state index is -0.739. The molecule has 0 radical (unpaired) electrons. The Morgan fingerprint density at radius 1 is 1.00 bits per heavy atom. The molecule has 0 saturated heterocycles. The maximum absolute atomic E-state index is 12.2. The molecule has 33 heavy (non-hydrogen) atoms. The van der Waals surface area contributed by atoms with E-state index in [0.717, 1.165) is 24.0 Å². The van der Waals surface area contributed by atoms with Crippen LogP contribution in [0.4, 0.5) is 4.79 Å². The summed E-state index contributed by atoms with van der Waals surface area (Å²) in [4.78, 5) is 35.7. The molecular weight excluding hydrogens is 420 g/mol. The van der Waals surface area contributed by atoms with Gasteiger partial charge >= 0.3 is 12.1 Å². The second-order valence-corrected chi connectivity index (χ2v) is 9.42. The van der Waals surface area contributed by atoms with E-state index in [0.29, 0.717) is 19.4 Å². The lowest BCUT2D eigenvalue weighted by Gasteiger charge is -2.16. The Hall–Kier alpha value is -3.35. The van der Waals surface area contributed by atoms with Crippen molar-refractivity contribution in [3.8, 4) is 11.1 Å². The van der Waals surface area contributed by atoms with Crippen LogP contribution in [0.2, 0.25) is 0 Å². The van der Waals surface area contributed by atoms with Crippen LogP contribution < -0.4 is 10.6 Å². The van der Waals surface area contributed by atoms with E-state index in [1.165, 1.54) is 11.1 Å². The van der Waals surface area contributed by atoms with Gasteiger partial charge in [-0.3, -0.25) is 9.59 Å². The molecule has 3 aliphatic rings. The van der Waals surface area contributed by atoms with Crippen molar-refractivity contribution in [3.63, 3.8) is 0 Å². The Morgan fingerprint density at radius 2 is 1.67 bits per heavy atom. The average Bonchev–Trinajstić information content (AvgIpc) is 3.24. The summed E-state index contributed by atoms with van der Waals surface area (Å²) in [5, 5.41) is 15.0. The first kappa shape index (κ1) is 21.5. The van der Waals surface area contributed by atoms with Crippen molar-refractivity contribution in [1.29, 1.82) is 0 Å². The Bertz CT molecular complexity index is 1050. The number of carboxylic acid groups (broad SMARTS) is 1. The van der Waals surface area contributed by atoms with Crippen LogP contribution in [0.3, 0.4) is 0 Å². The topological polar surface area (TPSA) is 105 Å². The van der Waals surface area contributed by atoms with Gasteiger partial charge in [-0.15, -0.1) is 0 Å². The van der Waals surface area contributed by atoms with Crippen LogP contribution >= 0.6 is 0 Å². The average molecular weight is 449 g/mol. The highest BCUT2D eigenvalue weighted by molar-refractivity contribution is 5.81. The third-order valence-corrected chi connectivity index (χ3v) is 7.40. The van der Waals surface area contributed by atoms with Crippen LogP contribution in [0, 0.1) is 11.3 Å². The lowest BCUT2D eigenvalue weighted by Crippen LogP contribution is -2.35. The van der Waals surface area contributed by atoms with Crippen molar-refractivity contribution < 1.29 is 24.2 Å². The van der Waals surface area contributed by atoms with Crippen molar-refractivity contribution in [2.75, 3.05) is 13.2 Å². The number of rotatable bonds is 8. The molecule has 3 N–H and O–H groups in total. The van der Waals surface area contributed by atoms with E-state index in [2.05, 4.69) is 34.9 Å². The van der Waals surface area contributed by atoms with Crippen LogP contribution in [0.25, 0.3) is 11.1 Å². The fraction of sp³-hybridized carbons (Fsp3) is 0.423. The van der Waals surface area contributed by atoms with Gasteiger partial charge in [0.25, 0.3) is 0 Å². The monoisotopic (exact) mass is 448 g/mol. The van der Waals surface area contributed by atoms with Crippen molar-refractivity contribution in [2.24, 2.45) is 11.3 Å². The summed E-state index contributed by atoms with van der Waals surface area (Å²) in [5.41, 5.74) is 4.10. The van der Waals surface area contributed by atoms with E-state index in [-0.39, 0.29) is 36.8 Å². The lowest BCUT2D eigenvalue weighted by molar-refractivity contribution is -0.143. The minimum Gasteiger partial charge on any atom is -0.481 e. The van der Waals surface area contributed by atoms with Gasteiger partial charge < -0.3 is 20.5 Å². The highest BCUT2D eigenvalue weighted by atomic mass is 16.5. The van der Waals surface area contributed by atoms with E-state index < -0.39 is 17.5 Å². The maximum atomic E-state index is 12.2. The van der Waals surface area contributed by atoms with Crippen LogP contribution in [0.1, 0.15) is 49.1 Å². The molecule has 2 amide bonds. The molecule has 0 bridgehead atoms. The number of carbonyl (C=O) groups excluding carboxylic acids is 2. The largest absolute Gasteiger partial charge is 0.481 e. The standard InChI is InChI=1S/C26H28N2O5/c29-23(28-17-12-16-13-26(16,14-17)24(30)31)10-5-11-27-25(32)33-15-22-20-8-3-1-6-18(20)19-7-2-4-9-21(19)22/h1-4,6-9,16-17,22H,5,10-15H2,(H,27,32)(H,28,29)(H,30,31)/t16-,17+,26+/m1/s1. The molecule has 7 heteroatoms. The number of ether oxygens (including phenoxy) is 1. The van der Waals surface area contributed by atoms with E-state index in [1.807, 2.05) is 24.3 Å². The minimum absolute atomic E-state index is 0.0145. The predicted molar refractivity (Wildman–Crippen MR) is 122 cm³/mol. The second-order valence-electron chi connectivity index (χ2n) is 9.42. The smallest absolute Gasteiger partial charge is 0.407 e. The fourth-order valence-electron chi connectivity index (χ4n) is 5.65. The summed E-state index contributed by atoms with van der Waals surface area (Å²) in [6, 6.07) is 16.3. The first-order valence-electron chi connectivity index (χ1n) is 11.6. The van der Waals surface area contributed by atoms with Gasteiger partial charge in [0.15, 0.2) is 0 Å². The Morgan fingerprint density at radius 3 is 2.30 bits per heavy atom. The molecule has 3 aliphatic carbocycles. The zero-order valence-corrected chi connectivity index (χ0v) is 18.4. The summed E-state index contributed by atoms with van der Waals surface area (Å²) in [6.45, 7) is 0.602. The summed E-state index contributed by atoms with van der Waals surface area (Å²) in [5.74, 6) is -0.621. The maximum Gasteiger partial charge on any atom is 0.407 e. The van der Waals surface area contributed by atoms with E-state index in [1.54, 1.807) is 0 Å². The molecule has 3 atom stereocenters. The molecule has 0 heterocycles. The molecule has 0 unspecified atom stereocenters. The molecule has 0 aromatic heterocycles. The summed E-state index contributed by atoms with van der Waals surface area (Å²) >= 11 is 0. The van der Waals surface area contributed by atoms with Crippen LogP contribution in [0.5, 0.6) is 0 Å². The number of hydrogen-bond donors (Lipinski definition) is 3. The molecule has 2 saturated carbocycles. The molecule has 2 aromatic rings. The van der Waals surface area contributed by atoms with Gasteiger partial charge in [-0.2, -0.15) is 0 Å². The number of carboxylic acids is 1. The summed E-state index contributed by atoms with van der Waals surface area (Å²) < 4.78 is 5.50. The zero-order valence-electron chi connectivity index (χ0n) is 18.4. The van der Waals surface area contributed by atoms with Crippen LogP contribution in [-0.2, 0) is 14.3 Å². The van der Waals surface area contributed by atoms with Gasteiger partial charge in [0.05, 0.1) is 5.41 Å². The number of fused-ring (bicyclic) bond motifs is 4. The van der Waals surface area contributed by atoms with Crippen molar-refractivity contribution >= 4 is 18.0 Å². The highest BCUT2D eigenvalue weighted by Crippen LogP contribution is 2.63. The second kappa shape index (κ2) is 8.54. The molecule has 7 nitrogen and oxygen atoms in total. The van der Waals surface area contributed by atoms with E-state index >= 15 is 0 Å². The third kappa shape index (κ3) is 4.08. The van der Waals surface area contributed by atoms with Crippen LogP contribution in [0.15, 0.2) is 48.5 Å². The number of benzene rings is 2. The number of alkyl carbamates (subject to hydrolysis) is 1. The number of amides is 2. The number of nitrogens with one attached hydrogen (secondary N) is 2. The molecule has 2 aromatic carbocycles. The fourth-order valence-corrected chi connectivity index (χ4v) is 5.65. The van der Waals surface area contributed by atoms with Gasteiger partial charge in [0, 0.05) is 24.9 Å². The van der Waals surface area contributed by atoms with Gasteiger partial charge in [0.1, 0.15) is 6.61 Å². The van der Waals surface area contributed by atoms with Crippen molar-refractivity contribution in [2.45, 2.75) is 44.1 Å². The highest BCUT2D eigenvalue weighted by Gasteiger charge is 2.65.